The van der Waals surface area contributed by atoms with Crippen molar-refractivity contribution in [1.82, 2.24) is 0 Å². The van der Waals surface area contributed by atoms with Gasteiger partial charge in [0.15, 0.2) is 0 Å². The van der Waals surface area contributed by atoms with Gasteiger partial charge >= 0.3 is 11.9 Å². The van der Waals surface area contributed by atoms with Crippen molar-refractivity contribution in [3.8, 4) is 0 Å². The standard InChI is InChI=1S/C12H21NO4/c1-10(2)12(16)17-9-5-7-13(3,4)8-6-11(14)15/h1,5-9H2,2-4H3/p+1. The number of hydrogen-bond acceptors (Lipinski definition) is 3. The molecule has 0 amide bonds. The number of carbonyl (C=O) groups excluding carboxylic acids is 1. The second kappa shape index (κ2) is 7.06. The molecule has 0 saturated heterocycles. The Kier molecular flexibility index (Phi) is 6.50. The number of ether oxygens (including phenoxy) is 1. The molecule has 1 N–H and O–H groups in total. The summed E-state index contributed by atoms with van der Waals surface area (Å²) in [5, 5.41) is 8.59. The minimum atomic E-state index is -0.787. The second-order valence-corrected chi connectivity index (χ2v) is 4.80. The quantitative estimate of drug-likeness (QED) is 0.300. The highest BCUT2D eigenvalue weighted by molar-refractivity contribution is 5.86. The highest BCUT2D eigenvalue weighted by atomic mass is 16.5. The van der Waals surface area contributed by atoms with Crippen LogP contribution in [0.25, 0.3) is 0 Å². The summed E-state index contributed by atoms with van der Waals surface area (Å²) in [6.45, 7) is 6.79. The fourth-order valence-electron chi connectivity index (χ4n) is 1.29. The van der Waals surface area contributed by atoms with Crippen LogP contribution >= 0.6 is 0 Å². The first-order valence-corrected chi connectivity index (χ1v) is 5.61. The van der Waals surface area contributed by atoms with E-state index in [1.54, 1.807) is 6.92 Å². The molecule has 0 aliphatic carbocycles. The van der Waals surface area contributed by atoms with Crippen molar-refractivity contribution in [2.75, 3.05) is 33.8 Å². The largest absolute Gasteiger partial charge is 0.481 e. The van der Waals surface area contributed by atoms with E-state index in [1.807, 2.05) is 14.1 Å². The first-order valence-electron chi connectivity index (χ1n) is 5.61. The van der Waals surface area contributed by atoms with Crippen molar-refractivity contribution in [3.05, 3.63) is 12.2 Å². The number of esters is 1. The lowest BCUT2D eigenvalue weighted by molar-refractivity contribution is -0.890. The number of quaternary nitrogens is 1. The van der Waals surface area contributed by atoms with Crippen molar-refractivity contribution < 1.29 is 23.9 Å². The Bertz CT molecular complexity index is 297. The van der Waals surface area contributed by atoms with Gasteiger partial charge in [0.1, 0.15) is 0 Å². The summed E-state index contributed by atoms with van der Waals surface area (Å²) in [6.07, 6.45) is 0.865. The summed E-state index contributed by atoms with van der Waals surface area (Å²) in [5.74, 6) is -1.16. The number of hydrogen-bond donors (Lipinski definition) is 1. The van der Waals surface area contributed by atoms with E-state index in [0.717, 1.165) is 6.54 Å². The molecule has 17 heavy (non-hydrogen) atoms. The molecule has 0 aliphatic rings. The average Bonchev–Trinajstić information content (AvgIpc) is 2.21. The van der Waals surface area contributed by atoms with Gasteiger partial charge in [-0.15, -0.1) is 0 Å². The Labute approximate surface area is 102 Å². The monoisotopic (exact) mass is 244 g/mol. The molecule has 0 heterocycles. The number of carboxylic acid groups (broad SMARTS) is 1. The zero-order chi connectivity index (χ0) is 13.5. The van der Waals surface area contributed by atoms with Crippen LogP contribution in [-0.2, 0) is 14.3 Å². The summed E-state index contributed by atoms with van der Waals surface area (Å²) in [5.41, 5.74) is 0.393. The van der Waals surface area contributed by atoms with E-state index in [0.29, 0.717) is 29.6 Å². The molecular weight excluding hydrogens is 222 g/mol. The summed E-state index contributed by atoms with van der Waals surface area (Å²) >= 11 is 0. The van der Waals surface area contributed by atoms with E-state index >= 15 is 0 Å². The number of carbonyl (C=O) groups is 2. The number of rotatable bonds is 8. The highest BCUT2D eigenvalue weighted by Crippen LogP contribution is 2.02. The van der Waals surface area contributed by atoms with Crippen LogP contribution in [-0.4, -0.2) is 55.3 Å². The van der Waals surface area contributed by atoms with Crippen LogP contribution in [0, 0.1) is 0 Å². The van der Waals surface area contributed by atoms with Gasteiger partial charge in [-0.05, 0) is 6.92 Å². The third-order valence-corrected chi connectivity index (χ3v) is 2.42. The van der Waals surface area contributed by atoms with Crippen LogP contribution in [0.15, 0.2) is 12.2 Å². The highest BCUT2D eigenvalue weighted by Gasteiger charge is 2.16. The minimum absolute atomic E-state index is 0.151. The number of carboxylic acids is 1. The molecule has 0 rings (SSSR count). The molecule has 0 atom stereocenters. The Morgan fingerprint density at radius 2 is 1.88 bits per heavy atom. The van der Waals surface area contributed by atoms with E-state index in [1.165, 1.54) is 0 Å². The van der Waals surface area contributed by atoms with Crippen LogP contribution in [0.1, 0.15) is 19.8 Å². The van der Waals surface area contributed by atoms with E-state index in [9.17, 15) is 9.59 Å². The molecule has 0 bridgehead atoms. The van der Waals surface area contributed by atoms with Gasteiger partial charge in [0.2, 0.25) is 0 Å². The van der Waals surface area contributed by atoms with Gasteiger partial charge in [-0.1, -0.05) is 6.58 Å². The lowest BCUT2D eigenvalue weighted by Gasteiger charge is -2.29. The fourth-order valence-corrected chi connectivity index (χ4v) is 1.29. The van der Waals surface area contributed by atoms with Gasteiger partial charge < -0.3 is 14.3 Å². The van der Waals surface area contributed by atoms with Crippen molar-refractivity contribution in [3.63, 3.8) is 0 Å². The fraction of sp³-hybridized carbons (Fsp3) is 0.667. The van der Waals surface area contributed by atoms with Crippen LogP contribution in [0.3, 0.4) is 0 Å². The number of nitrogens with zero attached hydrogens (tertiary/aromatic N) is 1. The van der Waals surface area contributed by atoms with Crippen molar-refractivity contribution in [2.45, 2.75) is 19.8 Å². The third kappa shape index (κ3) is 8.45. The molecule has 0 spiro atoms. The summed E-state index contributed by atoms with van der Waals surface area (Å²) in [6, 6.07) is 0. The molecule has 5 nitrogen and oxygen atoms in total. The van der Waals surface area contributed by atoms with Crippen molar-refractivity contribution in [2.24, 2.45) is 0 Å². The van der Waals surface area contributed by atoms with Crippen LogP contribution in [0.5, 0.6) is 0 Å². The molecule has 0 aromatic rings. The molecule has 98 valence electrons. The lowest BCUT2D eigenvalue weighted by Crippen LogP contribution is -2.42. The summed E-state index contributed by atoms with van der Waals surface area (Å²) < 4.78 is 5.57. The molecular formula is C12H22NO4+. The van der Waals surface area contributed by atoms with Crippen molar-refractivity contribution >= 4 is 11.9 Å². The predicted octanol–water partition coefficient (Wildman–Crippen LogP) is 1.05. The molecule has 0 aliphatic heterocycles. The molecule has 0 saturated carbocycles. The number of aliphatic carboxylic acids is 1. The second-order valence-electron chi connectivity index (χ2n) is 4.80. The molecule has 0 aromatic carbocycles. The molecule has 0 aromatic heterocycles. The Hall–Kier alpha value is -1.36. The van der Waals surface area contributed by atoms with Crippen LogP contribution in [0.2, 0.25) is 0 Å². The Balaban J connectivity index is 3.75. The maximum atomic E-state index is 11.1. The summed E-state index contributed by atoms with van der Waals surface area (Å²) in [7, 11) is 3.92. The van der Waals surface area contributed by atoms with E-state index in [2.05, 4.69) is 6.58 Å². The van der Waals surface area contributed by atoms with E-state index in [-0.39, 0.29) is 12.4 Å². The molecule has 0 fully saturated rings. The van der Waals surface area contributed by atoms with Crippen LogP contribution < -0.4 is 0 Å². The molecule has 0 radical (unpaired) electrons. The van der Waals surface area contributed by atoms with E-state index < -0.39 is 5.97 Å². The van der Waals surface area contributed by atoms with Gasteiger partial charge in [0.05, 0.1) is 40.2 Å². The maximum absolute atomic E-state index is 11.1. The Morgan fingerprint density at radius 1 is 1.29 bits per heavy atom. The van der Waals surface area contributed by atoms with Crippen molar-refractivity contribution in [1.29, 1.82) is 0 Å². The normalized spacial score (nSPS) is 11.0. The topological polar surface area (TPSA) is 63.6 Å². The Morgan fingerprint density at radius 3 is 2.35 bits per heavy atom. The molecule has 0 unspecified atom stereocenters. The van der Waals surface area contributed by atoms with Gasteiger partial charge in [-0.2, -0.15) is 0 Å². The summed E-state index contributed by atoms with van der Waals surface area (Å²) in [4.78, 5) is 21.5. The zero-order valence-corrected chi connectivity index (χ0v) is 10.9. The van der Waals surface area contributed by atoms with Gasteiger partial charge in [0, 0.05) is 12.0 Å². The maximum Gasteiger partial charge on any atom is 0.333 e. The predicted molar refractivity (Wildman–Crippen MR) is 64.5 cm³/mol. The van der Waals surface area contributed by atoms with Gasteiger partial charge in [0.25, 0.3) is 0 Å². The lowest BCUT2D eigenvalue weighted by atomic mass is 10.3. The smallest absolute Gasteiger partial charge is 0.333 e. The SMILES string of the molecule is C=C(C)C(=O)OCCC[N+](C)(C)CCC(=O)O. The van der Waals surface area contributed by atoms with Crippen LogP contribution in [0.4, 0.5) is 0 Å². The van der Waals surface area contributed by atoms with Gasteiger partial charge in [-0.3, -0.25) is 4.79 Å². The third-order valence-electron chi connectivity index (χ3n) is 2.42. The zero-order valence-electron chi connectivity index (χ0n) is 10.9. The minimum Gasteiger partial charge on any atom is -0.481 e. The van der Waals surface area contributed by atoms with E-state index in [4.69, 9.17) is 9.84 Å². The molecule has 5 heteroatoms. The average molecular weight is 244 g/mol. The van der Waals surface area contributed by atoms with Gasteiger partial charge in [-0.25, -0.2) is 4.79 Å². The first kappa shape index (κ1) is 15.6. The first-order chi connectivity index (χ1) is 7.74.